The third-order valence-corrected chi connectivity index (χ3v) is 26.2. The predicted octanol–water partition coefficient (Wildman–Crippen LogP) is 11.8. The molecule has 484 valence electrons. The quantitative estimate of drug-likeness (QED) is 0.0254. The van der Waals surface area contributed by atoms with Gasteiger partial charge in [0.05, 0.1) is 73.2 Å². The lowest BCUT2D eigenvalue weighted by Gasteiger charge is -2.44. The molecule has 0 amide bonds. The third-order valence-electron chi connectivity index (χ3n) is 21.4. The van der Waals surface area contributed by atoms with Crippen LogP contribution in [0.15, 0.2) is 25.3 Å². The molecule has 0 aromatic rings. The van der Waals surface area contributed by atoms with Crippen LogP contribution in [0.3, 0.4) is 0 Å². The van der Waals surface area contributed by atoms with Crippen molar-refractivity contribution < 1.29 is 59.1 Å². The molecular weight excluding hydrogens is 1120 g/mol. The summed E-state index contributed by atoms with van der Waals surface area (Å²) in [4.78, 5) is 0. The minimum Gasteiger partial charge on any atom is -0.390 e. The highest BCUT2D eigenvalue weighted by molar-refractivity contribution is 8.03. The molecule has 12 nitrogen and oxygen atoms in total. The first-order valence-corrected chi connectivity index (χ1v) is 37.7. The van der Waals surface area contributed by atoms with Crippen molar-refractivity contribution in [3.8, 4) is 0 Å². The lowest BCUT2D eigenvalue weighted by molar-refractivity contribution is -0.114. The van der Waals surface area contributed by atoms with E-state index in [1.54, 1.807) is 42.7 Å². The molecule has 6 aliphatic carbocycles. The first-order valence-electron chi connectivity index (χ1n) is 33.1. The summed E-state index contributed by atoms with van der Waals surface area (Å²) < 4.78 is 35.0. The molecule has 6 rings (SSSR count). The average Bonchev–Trinajstić information content (AvgIpc) is 3.69. The first-order chi connectivity index (χ1) is 40.3. The maximum atomic E-state index is 11.6. The molecule has 6 saturated carbocycles. The van der Waals surface area contributed by atoms with Crippen LogP contribution in [0.1, 0.15) is 161 Å². The Hall–Kier alpha value is 0.400. The molecule has 16 heteroatoms. The van der Waals surface area contributed by atoms with Gasteiger partial charge in [0.25, 0.3) is 0 Å². The van der Waals surface area contributed by atoms with Crippen molar-refractivity contribution in [2.45, 2.75) is 234 Å². The van der Waals surface area contributed by atoms with Crippen molar-refractivity contribution in [3.63, 3.8) is 0 Å². The molecule has 24 atom stereocenters. The molecule has 0 saturated heterocycles. The molecule has 0 aromatic heterocycles. The Kier molecular flexibility index (Phi) is 34.6. The molecular formula is C67H120O12S4. The Morgan fingerprint density at radius 2 is 0.494 bits per heavy atom. The van der Waals surface area contributed by atoms with Crippen molar-refractivity contribution in [1.29, 1.82) is 0 Å². The molecule has 83 heavy (non-hydrogen) atoms. The fourth-order valence-corrected chi connectivity index (χ4v) is 21.1. The number of aliphatic hydroxyl groups excluding tert-OH is 6. The zero-order chi connectivity index (χ0) is 59.7. The fraction of sp³-hybridized carbons (Fsp3) is 0.940. The Balaban J connectivity index is 0.814. The molecule has 0 bridgehead atoms. The Morgan fingerprint density at radius 3 is 0.687 bits per heavy atom. The van der Waals surface area contributed by atoms with Crippen molar-refractivity contribution >= 4 is 47.0 Å². The summed E-state index contributed by atoms with van der Waals surface area (Å²) in [5.74, 6) is 13.1. The van der Waals surface area contributed by atoms with Crippen LogP contribution in [0.2, 0.25) is 0 Å². The number of rotatable bonds is 38. The molecule has 0 heterocycles. The second-order valence-electron chi connectivity index (χ2n) is 26.9. The number of thioether (sulfide) groups is 4. The van der Waals surface area contributed by atoms with E-state index in [0.29, 0.717) is 35.5 Å². The average molecular weight is 1250 g/mol. The SMILES string of the molecule is C=CCC1CC(CC2CC(CCCSCCSCCCC3CC(CC4CC(CCCSCCSCCCC5CC(CC6CC(CC=C)CC(OC)C6O)C(O)C(OC)C5)CC(OC)C4O)C(O)C(OC)C3)CC(OC)C2O)C(O)C(OC)C1. The van der Waals surface area contributed by atoms with Crippen LogP contribution in [0.4, 0.5) is 0 Å². The highest BCUT2D eigenvalue weighted by atomic mass is 32.2. The van der Waals surface area contributed by atoms with Crippen molar-refractivity contribution in [3.05, 3.63) is 25.3 Å². The van der Waals surface area contributed by atoms with Gasteiger partial charge in [0.15, 0.2) is 0 Å². The van der Waals surface area contributed by atoms with Gasteiger partial charge in [0.2, 0.25) is 0 Å². The van der Waals surface area contributed by atoms with Crippen molar-refractivity contribution in [1.82, 2.24) is 0 Å². The van der Waals surface area contributed by atoms with E-state index in [1.165, 1.54) is 25.7 Å². The van der Waals surface area contributed by atoms with E-state index in [0.717, 1.165) is 181 Å². The highest BCUT2D eigenvalue weighted by Gasteiger charge is 2.46. The van der Waals surface area contributed by atoms with Crippen LogP contribution >= 0.6 is 47.0 Å². The van der Waals surface area contributed by atoms with E-state index in [-0.39, 0.29) is 72.1 Å². The largest absolute Gasteiger partial charge is 0.390 e. The molecule has 0 radical (unpaired) electrons. The molecule has 24 unspecified atom stereocenters. The molecule has 0 spiro atoms. The summed E-state index contributed by atoms with van der Waals surface area (Å²) in [6.45, 7) is 7.92. The maximum Gasteiger partial charge on any atom is 0.0835 e. The van der Waals surface area contributed by atoms with Gasteiger partial charge in [-0.3, -0.25) is 0 Å². The van der Waals surface area contributed by atoms with Gasteiger partial charge in [-0.2, -0.15) is 47.0 Å². The minimum atomic E-state index is -0.502. The maximum absolute atomic E-state index is 11.6. The number of ether oxygens (including phenoxy) is 6. The van der Waals surface area contributed by atoms with Crippen LogP contribution in [0.5, 0.6) is 0 Å². The smallest absolute Gasteiger partial charge is 0.0835 e. The standard InChI is InChI=1S/C67H120O12S4/c1-9-15-44-29-50(62(68)56(35-44)74-3)41-52-31-46(37-58(76-5)64(52)70)17-11-21-80-25-27-82-23-13-19-48-33-54(66(72)60(39-48)78-7)43-55-34-49(40-61(79-8)67(55)73)20-14-24-83-28-26-81-22-12-18-47-32-53(65(71)59(38-47)77-6)42-51-30-45(16-10-2)36-57(75-4)63(51)69/h9-10,44-73H,1-2,11-43H2,3-8H3. The molecule has 0 aliphatic heterocycles. The normalized spacial score (nSPS) is 39.9. The Bertz CT molecular complexity index is 1620. The second-order valence-corrected chi connectivity index (χ2v) is 31.8. The number of hydrogen-bond acceptors (Lipinski definition) is 16. The lowest BCUT2D eigenvalue weighted by atomic mass is 9.68. The summed E-state index contributed by atoms with van der Waals surface area (Å²) in [6, 6.07) is 0. The summed E-state index contributed by atoms with van der Waals surface area (Å²) in [5, 5.41) is 68.2. The van der Waals surface area contributed by atoms with E-state index in [2.05, 4.69) is 60.2 Å². The summed E-state index contributed by atoms with van der Waals surface area (Å²) in [5.41, 5.74) is 0. The van der Waals surface area contributed by atoms with Gasteiger partial charge < -0.3 is 59.1 Å². The van der Waals surface area contributed by atoms with Gasteiger partial charge in [0, 0.05) is 65.7 Å². The number of methoxy groups -OCH3 is 6. The van der Waals surface area contributed by atoms with Crippen molar-refractivity contribution in [2.24, 2.45) is 71.0 Å². The van der Waals surface area contributed by atoms with Crippen LogP contribution in [0.25, 0.3) is 0 Å². The molecule has 6 aliphatic rings. The van der Waals surface area contributed by atoms with E-state index in [9.17, 15) is 30.6 Å². The van der Waals surface area contributed by atoms with Crippen LogP contribution in [-0.4, -0.2) is 193 Å². The minimum absolute atomic E-state index is 0.122. The number of allylic oxidation sites excluding steroid dienone is 2. The topological polar surface area (TPSA) is 177 Å². The van der Waals surface area contributed by atoms with Gasteiger partial charge >= 0.3 is 0 Å². The van der Waals surface area contributed by atoms with Gasteiger partial charge in [-0.15, -0.1) is 13.2 Å². The van der Waals surface area contributed by atoms with Crippen molar-refractivity contribution in [2.75, 3.05) is 88.7 Å². The van der Waals surface area contributed by atoms with E-state index in [1.807, 2.05) is 12.2 Å². The molecule has 6 N–H and O–H groups in total. The summed E-state index contributed by atoms with van der Waals surface area (Å²) in [7, 11) is 10.4. The Labute approximate surface area is 521 Å². The van der Waals surface area contributed by atoms with Gasteiger partial charge in [-0.05, 0) is 255 Å². The zero-order valence-corrected chi connectivity index (χ0v) is 55.8. The lowest BCUT2D eigenvalue weighted by Crippen LogP contribution is -2.47. The summed E-state index contributed by atoms with van der Waals surface area (Å²) in [6.07, 6.45) is 25.0. The number of hydrogen-bond donors (Lipinski definition) is 6. The zero-order valence-electron chi connectivity index (χ0n) is 52.5. The van der Waals surface area contributed by atoms with E-state index < -0.39 is 36.6 Å². The van der Waals surface area contributed by atoms with E-state index >= 15 is 0 Å². The van der Waals surface area contributed by atoms with Gasteiger partial charge in [-0.25, -0.2) is 0 Å². The van der Waals surface area contributed by atoms with Gasteiger partial charge in [-0.1, -0.05) is 12.2 Å². The van der Waals surface area contributed by atoms with Crippen LogP contribution in [0, 0.1) is 71.0 Å². The van der Waals surface area contributed by atoms with Crippen LogP contribution in [-0.2, 0) is 28.4 Å². The Morgan fingerprint density at radius 1 is 0.301 bits per heavy atom. The van der Waals surface area contributed by atoms with E-state index in [4.69, 9.17) is 28.4 Å². The summed E-state index contributed by atoms with van der Waals surface area (Å²) >= 11 is 8.27. The van der Waals surface area contributed by atoms with Crippen LogP contribution < -0.4 is 0 Å². The highest BCUT2D eigenvalue weighted by Crippen LogP contribution is 2.46. The third kappa shape index (κ3) is 22.9. The first kappa shape index (κ1) is 72.5. The monoisotopic (exact) mass is 1240 g/mol. The van der Waals surface area contributed by atoms with Gasteiger partial charge in [0.1, 0.15) is 0 Å². The number of aliphatic hydroxyl groups is 6. The molecule has 6 fully saturated rings. The fourth-order valence-electron chi connectivity index (χ4n) is 16.9. The second kappa shape index (κ2) is 39.6. The predicted molar refractivity (Wildman–Crippen MR) is 348 cm³/mol. The molecule has 0 aromatic carbocycles.